The highest BCUT2D eigenvalue weighted by Gasteiger charge is 2.39. The first kappa shape index (κ1) is 20.9. The lowest BCUT2D eigenvalue weighted by Crippen LogP contribution is -2.36. The summed E-state index contributed by atoms with van der Waals surface area (Å²) in [5.74, 6) is 1.55. The molecule has 0 saturated carbocycles. The van der Waals surface area contributed by atoms with Crippen LogP contribution in [-0.4, -0.2) is 44.2 Å². The monoisotopic (exact) mass is 483 g/mol. The molecule has 182 valence electrons. The fraction of sp³-hybridized carbons (Fsp3) is 0.259. The smallest absolute Gasteiger partial charge is 0.272 e. The van der Waals surface area contributed by atoms with E-state index < -0.39 is 0 Å². The molecule has 1 fully saturated rings. The molecular weight excluding hydrogens is 458 g/mol. The zero-order valence-corrected chi connectivity index (χ0v) is 19.9. The van der Waals surface area contributed by atoms with E-state index in [0.717, 1.165) is 57.9 Å². The number of aromatic nitrogens is 4. The molecule has 9 nitrogen and oxygen atoms in total. The second kappa shape index (κ2) is 7.55. The van der Waals surface area contributed by atoms with Crippen molar-refractivity contribution < 1.29 is 14.6 Å². The van der Waals surface area contributed by atoms with Gasteiger partial charge in [0, 0.05) is 28.7 Å². The Morgan fingerprint density at radius 3 is 2.72 bits per heavy atom. The van der Waals surface area contributed by atoms with E-state index in [1.165, 1.54) is 0 Å². The fourth-order valence-corrected chi connectivity index (χ4v) is 6.11. The van der Waals surface area contributed by atoms with Crippen LogP contribution in [0.15, 0.2) is 47.7 Å². The van der Waals surface area contributed by atoms with E-state index in [9.17, 15) is 9.90 Å². The maximum absolute atomic E-state index is 12.5. The lowest BCUT2D eigenvalue weighted by Gasteiger charge is -2.44. The van der Waals surface area contributed by atoms with Crippen LogP contribution in [-0.2, 0) is 4.74 Å². The standard InChI is InChI=1S/C27H25N5O4/c1-35-18-11-29-25(26-20(18)13-5-3-8-17(33)22(13)30-26)16-7-4-6-15-24-21(19(36-2)12-32(15)16)14-9-10-28-27(34)23(14)31-24/h3,5,8-12,15-16,30-31,33H,4,6-7H2,1-2H3,(H,28,34)/t15?,16-/m1/s1. The highest BCUT2D eigenvalue weighted by molar-refractivity contribution is 6.12. The molecule has 5 aromatic rings. The molecule has 0 radical (unpaired) electrons. The molecule has 1 unspecified atom stereocenters. The molecule has 0 bridgehead atoms. The molecule has 4 N–H and O–H groups in total. The van der Waals surface area contributed by atoms with Gasteiger partial charge in [0.1, 0.15) is 22.8 Å². The number of hydrogen-bond acceptors (Lipinski definition) is 6. The van der Waals surface area contributed by atoms with Gasteiger partial charge in [0.05, 0.1) is 60.3 Å². The van der Waals surface area contributed by atoms with Crippen LogP contribution in [0, 0.1) is 0 Å². The van der Waals surface area contributed by atoms with Crippen molar-refractivity contribution in [3.8, 4) is 11.5 Å². The molecule has 0 aliphatic carbocycles. The van der Waals surface area contributed by atoms with Crippen molar-refractivity contribution in [3.05, 3.63) is 70.2 Å². The summed E-state index contributed by atoms with van der Waals surface area (Å²) in [4.78, 5) is 29.3. The molecule has 4 aromatic heterocycles. The summed E-state index contributed by atoms with van der Waals surface area (Å²) in [6, 6.07) is 7.39. The average Bonchev–Trinajstić information content (AvgIpc) is 3.49. The summed E-state index contributed by atoms with van der Waals surface area (Å²) < 4.78 is 11.5. The van der Waals surface area contributed by atoms with Crippen LogP contribution in [0.3, 0.4) is 0 Å². The van der Waals surface area contributed by atoms with Crippen molar-refractivity contribution in [3.63, 3.8) is 0 Å². The van der Waals surface area contributed by atoms with E-state index in [-0.39, 0.29) is 23.4 Å². The molecular formula is C27H25N5O4. The largest absolute Gasteiger partial charge is 0.506 e. The molecule has 6 heterocycles. The van der Waals surface area contributed by atoms with Crippen LogP contribution in [0.4, 0.5) is 0 Å². The number of phenols is 1. The summed E-state index contributed by atoms with van der Waals surface area (Å²) >= 11 is 0. The molecule has 2 atom stereocenters. The molecule has 1 saturated heterocycles. The zero-order valence-electron chi connectivity index (χ0n) is 19.9. The Morgan fingerprint density at radius 1 is 1.03 bits per heavy atom. The number of piperidine rings is 1. The van der Waals surface area contributed by atoms with Gasteiger partial charge in [0.25, 0.3) is 5.56 Å². The number of para-hydroxylation sites is 1. The van der Waals surface area contributed by atoms with Crippen LogP contribution in [0.25, 0.3) is 38.5 Å². The Bertz CT molecular complexity index is 1760. The van der Waals surface area contributed by atoms with E-state index in [4.69, 9.17) is 14.5 Å². The second-order valence-electron chi connectivity index (χ2n) is 9.40. The van der Waals surface area contributed by atoms with Gasteiger partial charge in [-0.2, -0.15) is 0 Å². The van der Waals surface area contributed by atoms with Crippen LogP contribution in [0.1, 0.15) is 48.3 Å². The Morgan fingerprint density at radius 2 is 1.89 bits per heavy atom. The molecule has 36 heavy (non-hydrogen) atoms. The molecule has 9 heteroatoms. The number of benzene rings is 1. The molecule has 7 rings (SSSR count). The van der Waals surface area contributed by atoms with E-state index in [2.05, 4.69) is 26.1 Å². The van der Waals surface area contributed by atoms with Crippen molar-refractivity contribution in [1.82, 2.24) is 24.8 Å². The predicted octanol–water partition coefficient (Wildman–Crippen LogP) is 4.83. The predicted molar refractivity (Wildman–Crippen MR) is 137 cm³/mol. The molecule has 2 aliphatic rings. The van der Waals surface area contributed by atoms with E-state index in [1.807, 2.05) is 18.2 Å². The number of fused-ring (bicyclic) bond motifs is 8. The first-order valence-electron chi connectivity index (χ1n) is 12.0. The highest BCUT2D eigenvalue weighted by atomic mass is 16.5. The Labute approximate surface area is 205 Å². The van der Waals surface area contributed by atoms with Crippen molar-refractivity contribution in [2.45, 2.75) is 31.3 Å². The zero-order chi connectivity index (χ0) is 24.6. The summed E-state index contributed by atoms with van der Waals surface area (Å²) in [6.07, 6.45) is 8.32. The van der Waals surface area contributed by atoms with Crippen molar-refractivity contribution in [2.75, 3.05) is 14.2 Å². The maximum atomic E-state index is 12.5. The molecule has 0 spiro atoms. The first-order valence-corrected chi connectivity index (χ1v) is 12.0. The van der Waals surface area contributed by atoms with E-state index in [0.29, 0.717) is 22.5 Å². The number of methoxy groups -OCH3 is 2. The minimum atomic E-state index is -0.146. The number of aromatic amines is 3. The number of phenolic OH excluding ortho intramolecular Hbond substituents is 1. The van der Waals surface area contributed by atoms with Gasteiger partial charge >= 0.3 is 0 Å². The number of H-pyrrole nitrogens is 3. The van der Waals surface area contributed by atoms with E-state index in [1.54, 1.807) is 32.7 Å². The minimum absolute atomic E-state index is 0.0428. The first-order chi connectivity index (χ1) is 17.6. The van der Waals surface area contributed by atoms with Crippen LogP contribution >= 0.6 is 0 Å². The second-order valence-corrected chi connectivity index (χ2v) is 9.40. The van der Waals surface area contributed by atoms with Crippen LogP contribution < -0.4 is 10.3 Å². The quantitative estimate of drug-likeness (QED) is 0.292. The fourth-order valence-electron chi connectivity index (χ4n) is 6.11. The Hall–Kier alpha value is -4.40. The molecule has 0 amide bonds. The van der Waals surface area contributed by atoms with Gasteiger partial charge < -0.3 is 34.4 Å². The van der Waals surface area contributed by atoms with Gasteiger partial charge in [-0.1, -0.05) is 12.1 Å². The normalized spacial score (nSPS) is 19.4. The van der Waals surface area contributed by atoms with Gasteiger partial charge in [-0.15, -0.1) is 0 Å². The SMILES string of the molecule is COC1=CN2C(CCC[C@@H]2c2ncc(OC)c3c2[nH]c2c(O)cccc23)c2[nH]c3c(=O)[nH]ccc3c21. The summed E-state index contributed by atoms with van der Waals surface area (Å²) in [5, 5.41) is 13.2. The number of pyridine rings is 2. The maximum Gasteiger partial charge on any atom is 0.272 e. The van der Waals surface area contributed by atoms with Gasteiger partial charge in [-0.3, -0.25) is 9.78 Å². The Balaban J connectivity index is 1.45. The van der Waals surface area contributed by atoms with E-state index >= 15 is 0 Å². The third-order valence-corrected chi connectivity index (χ3v) is 7.67. The van der Waals surface area contributed by atoms with Crippen LogP contribution in [0.5, 0.6) is 11.5 Å². The highest BCUT2D eigenvalue weighted by Crippen LogP contribution is 2.50. The van der Waals surface area contributed by atoms with Crippen molar-refractivity contribution in [2.24, 2.45) is 0 Å². The van der Waals surface area contributed by atoms with Crippen molar-refractivity contribution in [1.29, 1.82) is 0 Å². The number of rotatable bonds is 3. The third-order valence-electron chi connectivity index (χ3n) is 7.67. The van der Waals surface area contributed by atoms with Crippen molar-refractivity contribution >= 4 is 38.5 Å². The number of hydrogen-bond donors (Lipinski definition) is 4. The number of aromatic hydroxyl groups is 1. The van der Waals surface area contributed by atoms with Gasteiger partial charge in [0.2, 0.25) is 0 Å². The lowest BCUT2D eigenvalue weighted by molar-refractivity contribution is 0.128. The van der Waals surface area contributed by atoms with Gasteiger partial charge in [-0.05, 0) is 31.4 Å². The number of nitrogens with one attached hydrogen (secondary N) is 3. The summed E-state index contributed by atoms with van der Waals surface area (Å²) in [7, 11) is 3.29. The topological polar surface area (TPSA) is 119 Å². The minimum Gasteiger partial charge on any atom is -0.506 e. The number of ether oxygens (including phenoxy) is 2. The summed E-state index contributed by atoms with van der Waals surface area (Å²) in [6.45, 7) is 0. The van der Waals surface area contributed by atoms with Gasteiger partial charge in [0.15, 0.2) is 0 Å². The lowest BCUT2D eigenvalue weighted by atomic mass is 9.87. The Kier molecular flexibility index (Phi) is 4.39. The van der Waals surface area contributed by atoms with Gasteiger partial charge in [-0.25, -0.2) is 0 Å². The third kappa shape index (κ3) is 2.71. The summed E-state index contributed by atoms with van der Waals surface area (Å²) in [5.41, 5.74) is 4.75. The molecule has 1 aromatic carbocycles. The molecule has 2 aliphatic heterocycles. The average molecular weight is 484 g/mol. The number of nitrogens with zero attached hydrogens (tertiary/aromatic N) is 2. The van der Waals surface area contributed by atoms with Crippen LogP contribution in [0.2, 0.25) is 0 Å².